The van der Waals surface area contributed by atoms with Crippen LogP contribution >= 0.6 is 23.4 Å². The van der Waals surface area contributed by atoms with Crippen molar-refractivity contribution in [2.75, 3.05) is 101 Å². The zero-order chi connectivity index (χ0) is 53.4. The number of hydrogen-bond acceptors (Lipinski definition) is 13. The van der Waals surface area contributed by atoms with Crippen molar-refractivity contribution < 1.29 is 49.4 Å². The van der Waals surface area contributed by atoms with Crippen LogP contribution in [0.4, 0.5) is 24.5 Å². The number of anilines is 2. The molecular formula is C54H68ClF3N6O8S3. The average Bonchev–Trinajstić information content (AvgIpc) is 3.40. The number of nitrogens with zero attached hydrogens (tertiary/aromatic N) is 4. The number of carbonyl (C=O) groups excluding carboxylic acids is 1. The molecule has 4 aromatic carbocycles. The van der Waals surface area contributed by atoms with E-state index >= 15 is 0 Å². The van der Waals surface area contributed by atoms with Crippen LogP contribution in [0.5, 0.6) is 0 Å². The molecule has 2 saturated heterocycles. The summed E-state index contributed by atoms with van der Waals surface area (Å²) >= 11 is 7.71. The monoisotopic (exact) mass is 1120 g/mol. The molecule has 1 amide bonds. The number of unbranched alkanes of at least 4 members (excludes halogenated alkanes) is 6. The SMILES string of the molecule is O=C(O)CCCCCCCCCN1CCC(c2ccc(Cl)cc2)=C(CN2CCN(c3ccc(C(=O)NS(=O)(=O)c4ccc(NC(CCN5CCOCC5)CSc5ccccc5)c(S(=O)(=O)C(F)(F)F)c4)cc3)CC2)C1. The molecule has 21 heteroatoms. The van der Waals surface area contributed by atoms with E-state index in [0.29, 0.717) is 69.2 Å². The minimum Gasteiger partial charge on any atom is -0.481 e. The molecule has 7 rings (SSSR count). The third kappa shape index (κ3) is 17.2. The van der Waals surface area contributed by atoms with Crippen molar-refractivity contribution in [3.05, 3.63) is 119 Å². The number of sulfone groups is 1. The number of carboxylic acid groups (broad SMARTS) is 1. The van der Waals surface area contributed by atoms with Crippen molar-refractivity contribution in [1.82, 2.24) is 19.4 Å². The third-order valence-electron chi connectivity index (χ3n) is 13.9. The lowest BCUT2D eigenvalue weighted by atomic mass is 9.92. The molecule has 3 heterocycles. The second-order valence-electron chi connectivity index (χ2n) is 19.3. The molecule has 0 bridgehead atoms. The van der Waals surface area contributed by atoms with Crippen molar-refractivity contribution in [3.63, 3.8) is 0 Å². The summed E-state index contributed by atoms with van der Waals surface area (Å²) in [6.07, 6.45) is 8.92. The highest BCUT2D eigenvalue weighted by Gasteiger charge is 2.48. The van der Waals surface area contributed by atoms with Gasteiger partial charge in [-0.25, -0.2) is 21.6 Å². The maximum atomic E-state index is 14.3. The first-order valence-corrected chi connectivity index (χ1v) is 30.0. The van der Waals surface area contributed by atoms with Crippen molar-refractivity contribution >= 4 is 72.0 Å². The molecule has 3 aliphatic heterocycles. The molecule has 0 radical (unpaired) electrons. The van der Waals surface area contributed by atoms with Gasteiger partial charge in [-0.2, -0.15) is 13.2 Å². The summed E-state index contributed by atoms with van der Waals surface area (Å²) in [6.45, 7) is 9.67. The first-order chi connectivity index (χ1) is 35.9. The molecule has 2 fully saturated rings. The van der Waals surface area contributed by atoms with E-state index < -0.39 is 58.8 Å². The van der Waals surface area contributed by atoms with E-state index in [1.54, 1.807) is 12.1 Å². The van der Waals surface area contributed by atoms with Gasteiger partial charge in [-0.05, 0) is 116 Å². The van der Waals surface area contributed by atoms with Crippen molar-refractivity contribution in [1.29, 1.82) is 0 Å². The van der Waals surface area contributed by atoms with Gasteiger partial charge < -0.3 is 20.1 Å². The van der Waals surface area contributed by atoms with Crippen LogP contribution < -0.4 is 14.9 Å². The van der Waals surface area contributed by atoms with Crippen LogP contribution in [-0.4, -0.2) is 151 Å². The zero-order valence-electron chi connectivity index (χ0n) is 42.1. The normalized spacial score (nSPS) is 17.0. The molecule has 408 valence electrons. The number of thioether (sulfide) groups is 1. The van der Waals surface area contributed by atoms with Gasteiger partial charge in [-0.15, -0.1) is 11.8 Å². The number of halogens is 4. The predicted octanol–water partition coefficient (Wildman–Crippen LogP) is 9.53. The largest absolute Gasteiger partial charge is 0.501 e. The van der Waals surface area contributed by atoms with Gasteiger partial charge in [0.25, 0.3) is 25.8 Å². The summed E-state index contributed by atoms with van der Waals surface area (Å²) in [5.41, 5.74) is -1.41. The second-order valence-corrected chi connectivity index (χ2v) is 24.4. The maximum absolute atomic E-state index is 14.3. The summed E-state index contributed by atoms with van der Waals surface area (Å²) in [4.78, 5) is 32.4. The highest BCUT2D eigenvalue weighted by molar-refractivity contribution is 7.99. The van der Waals surface area contributed by atoms with Gasteiger partial charge in [-0.1, -0.05) is 74.0 Å². The molecule has 0 aromatic heterocycles. The Kier molecular flexibility index (Phi) is 21.3. The summed E-state index contributed by atoms with van der Waals surface area (Å²) in [5.74, 6) is -1.41. The van der Waals surface area contributed by atoms with E-state index in [1.165, 1.54) is 40.6 Å². The first kappa shape index (κ1) is 58.0. The van der Waals surface area contributed by atoms with Crippen molar-refractivity contribution in [2.45, 2.75) is 90.4 Å². The van der Waals surface area contributed by atoms with Crippen LogP contribution in [0.1, 0.15) is 80.1 Å². The Morgan fingerprint density at radius 1 is 0.747 bits per heavy atom. The summed E-state index contributed by atoms with van der Waals surface area (Å²) in [7, 11) is -10.9. The third-order valence-corrected chi connectivity index (χ3v) is 18.2. The van der Waals surface area contributed by atoms with Gasteiger partial charge in [0.15, 0.2) is 0 Å². The van der Waals surface area contributed by atoms with Crippen LogP contribution in [0.3, 0.4) is 0 Å². The number of ether oxygens (including phenoxy) is 1. The number of piperazine rings is 1. The molecule has 4 aromatic rings. The maximum Gasteiger partial charge on any atom is 0.501 e. The van der Waals surface area contributed by atoms with Crippen molar-refractivity contribution in [2.24, 2.45) is 0 Å². The van der Waals surface area contributed by atoms with Crippen molar-refractivity contribution in [3.8, 4) is 0 Å². The lowest BCUT2D eigenvalue weighted by Gasteiger charge is -2.39. The van der Waals surface area contributed by atoms with Gasteiger partial charge in [0.2, 0.25) is 0 Å². The van der Waals surface area contributed by atoms with Gasteiger partial charge in [0.1, 0.15) is 4.90 Å². The quantitative estimate of drug-likeness (QED) is 0.0402. The smallest absolute Gasteiger partial charge is 0.481 e. The number of morpholine rings is 1. The van der Waals surface area contributed by atoms with Gasteiger partial charge in [0, 0.05) is 105 Å². The van der Waals surface area contributed by atoms with Crippen LogP contribution in [0, 0.1) is 0 Å². The average molecular weight is 1120 g/mol. The Morgan fingerprint density at radius 3 is 2.08 bits per heavy atom. The van der Waals surface area contributed by atoms with E-state index in [0.717, 1.165) is 113 Å². The lowest BCUT2D eigenvalue weighted by molar-refractivity contribution is -0.137. The fourth-order valence-electron chi connectivity index (χ4n) is 9.65. The number of nitrogens with one attached hydrogen (secondary N) is 2. The lowest BCUT2D eigenvalue weighted by Crippen LogP contribution is -2.48. The van der Waals surface area contributed by atoms with E-state index in [9.17, 15) is 39.6 Å². The number of rotatable bonds is 26. The van der Waals surface area contributed by atoms with E-state index in [2.05, 4.69) is 37.0 Å². The fourth-order valence-corrected chi connectivity index (χ4v) is 12.8. The summed E-state index contributed by atoms with van der Waals surface area (Å²) in [5, 5.41) is 12.6. The van der Waals surface area contributed by atoms with Gasteiger partial charge in [0.05, 0.1) is 23.8 Å². The molecular weight excluding hydrogens is 1050 g/mol. The highest BCUT2D eigenvalue weighted by Crippen LogP contribution is 2.37. The number of alkyl halides is 3. The van der Waals surface area contributed by atoms with Gasteiger partial charge in [-0.3, -0.25) is 24.3 Å². The number of amides is 1. The first-order valence-electron chi connectivity index (χ1n) is 25.7. The van der Waals surface area contributed by atoms with Crippen LogP contribution in [-0.2, 0) is 29.4 Å². The standard InChI is InChI=1S/C54H68ClF3N6O8S3/c55-44-18-14-41(15-19-44)49-25-28-62(26-10-5-3-1-2-4-9-13-52(65)66)38-43(49)39-63-29-31-64(32-30-63)46-20-16-42(17-21-46)53(67)60-75(70,71)48-22-23-50(51(37-48)74(68,69)54(56,57)58)59-45(24-27-61-33-35-72-36-34-61)40-73-47-11-7-6-8-12-47/h6-8,11-12,14-23,37,45,59H,1-5,9-10,13,24-36,38-40H2,(H,60,67)(H,65,66). The number of carboxylic acids is 1. The Labute approximate surface area is 449 Å². The van der Waals surface area contributed by atoms with E-state index in [1.807, 2.05) is 47.2 Å². The summed E-state index contributed by atoms with van der Waals surface area (Å²) in [6, 6.07) is 25.7. The number of sulfonamides is 1. The zero-order valence-corrected chi connectivity index (χ0v) is 45.3. The molecule has 0 aliphatic carbocycles. The van der Waals surface area contributed by atoms with E-state index in [-0.39, 0.29) is 12.0 Å². The number of carbonyl (C=O) groups is 2. The molecule has 0 spiro atoms. The molecule has 75 heavy (non-hydrogen) atoms. The molecule has 14 nitrogen and oxygen atoms in total. The molecule has 1 unspecified atom stereocenters. The fraction of sp³-hybridized carbons (Fsp3) is 0.481. The number of aliphatic carboxylic acids is 1. The molecule has 0 saturated carbocycles. The Hall–Kier alpha value is -4.67. The number of hydrogen-bond donors (Lipinski definition) is 3. The Balaban J connectivity index is 0.960. The second kappa shape index (κ2) is 27.6. The minimum absolute atomic E-state index is 0.0158. The molecule has 1 atom stereocenters. The van der Waals surface area contributed by atoms with Crippen LogP contribution in [0.15, 0.2) is 117 Å². The van der Waals surface area contributed by atoms with Crippen LogP contribution in [0.25, 0.3) is 5.57 Å². The number of benzene rings is 4. The predicted molar refractivity (Wildman–Crippen MR) is 290 cm³/mol. The van der Waals surface area contributed by atoms with E-state index in [4.69, 9.17) is 21.4 Å². The topological polar surface area (TPSA) is 169 Å². The van der Waals surface area contributed by atoms with Gasteiger partial charge >= 0.3 is 11.5 Å². The van der Waals surface area contributed by atoms with Crippen LogP contribution in [0.2, 0.25) is 5.02 Å². The Bertz CT molecular complexity index is 2760. The summed E-state index contributed by atoms with van der Waals surface area (Å²) < 4.78 is 104. The highest BCUT2D eigenvalue weighted by atomic mass is 35.5. The Morgan fingerprint density at radius 2 is 1.41 bits per heavy atom. The molecule has 3 N–H and O–H groups in total. The molecule has 3 aliphatic rings. The minimum atomic E-state index is -6.07.